The number of aryl methyl sites for hydroxylation is 1. The van der Waals surface area contributed by atoms with E-state index in [-0.39, 0.29) is 5.69 Å². The van der Waals surface area contributed by atoms with Crippen molar-refractivity contribution in [2.45, 2.75) is 19.9 Å². The normalized spacial score (nSPS) is 12.0. The molecule has 21 heavy (non-hydrogen) atoms. The van der Waals surface area contributed by atoms with Crippen molar-refractivity contribution in [1.29, 1.82) is 0 Å². The Morgan fingerprint density at radius 3 is 2.48 bits per heavy atom. The van der Waals surface area contributed by atoms with E-state index >= 15 is 0 Å². The number of amides is 1. The number of benzene rings is 1. The number of carbonyl (C=O) groups excluding carboxylic acids is 1. The van der Waals surface area contributed by atoms with Crippen LogP contribution in [-0.2, 0) is 4.79 Å². The first kappa shape index (κ1) is 14.8. The molecule has 0 bridgehead atoms. The van der Waals surface area contributed by atoms with Crippen LogP contribution in [0.5, 0.6) is 0 Å². The Labute approximate surface area is 122 Å². The highest BCUT2D eigenvalue weighted by Gasteiger charge is 2.26. The Morgan fingerprint density at radius 2 is 1.90 bits per heavy atom. The van der Waals surface area contributed by atoms with Gasteiger partial charge in [0.25, 0.3) is 5.91 Å². The predicted octanol–water partition coefficient (Wildman–Crippen LogP) is 1.73. The van der Waals surface area contributed by atoms with E-state index in [2.05, 4.69) is 5.10 Å². The van der Waals surface area contributed by atoms with Gasteiger partial charge in [0.2, 0.25) is 0 Å². The summed E-state index contributed by atoms with van der Waals surface area (Å²) < 4.78 is 1.61. The van der Waals surface area contributed by atoms with Crippen LogP contribution in [0, 0.1) is 6.92 Å². The maximum atomic E-state index is 12.3. The highest BCUT2D eigenvalue weighted by Crippen LogP contribution is 2.14. The third-order valence-electron chi connectivity index (χ3n) is 3.38. The lowest BCUT2D eigenvalue weighted by Crippen LogP contribution is -2.40. The number of nitrogens with zero attached hydrogens (tertiary/aromatic N) is 3. The fraction of sp³-hybridized carbons (Fsp3) is 0.267. The molecule has 0 aliphatic rings. The number of aliphatic carboxylic acids is 1. The van der Waals surface area contributed by atoms with Crippen molar-refractivity contribution in [3.05, 3.63) is 47.8 Å². The standard InChI is InChI=1S/C15H17N3O3/c1-10-9-18(12-7-5-4-6-8-12)16-13(10)14(19)17(3)11(2)15(20)21/h4-9,11H,1-3H3,(H,20,21). The molecule has 1 unspecified atom stereocenters. The molecule has 1 heterocycles. The molecular weight excluding hydrogens is 270 g/mol. The van der Waals surface area contributed by atoms with Gasteiger partial charge in [-0.3, -0.25) is 4.79 Å². The average Bonchev–Trinajstić information content (AvgIpc) is 2.87. The second-order valence-corrected chi connectivity index (χ2v) is 4.87. The number of aromatic nitrogens is 2. The predicted molar refractivity (Wildman–Crippen MR) is 77.5 cm³/mol. The van der Waals surface area contributed by atoms with E-state index in [1.54, 1.807) is 17.8 Å². The minimum absolute atomic E-state index is 0.259. The van der Waals surface area contributed by atoms with Gasteiger partial charge >= 0.3 is 5.97 Å². The SMILES string of the molecule is Cc1cn(-c2ccccc2)nc1C(=O)N(C)C(C)C(=O)O. The van der Waals surface area contributed by atoms with Crippen molar-refractivity contribution in [3.8, 4) is 5.69 Å². The van der Waals surface area contributed by atoms with Crippen LogP contribution in [0.3, 0.4) is 0 Å². The summed E-state index contributed by atoms with van der Waals surface area (Å²) in [5.41, 5.74) is 1.80. The van der Waals surface area contributed by atoms with Crippen molar-refractivity contribution >= 4 is 11.9 Å². The Balaban J connectivity index is 2.31. The van der Waals surface area contributed by atoms with Crippen LogP contribution >= 0.6 is 0 Å². The number of rotatable bonds is 4. The molecule has 0 fully saturated rings. The number of hydrogen-bond acceptors (Lipinski definition) is 3. The minimum atomic E-state index is -1.05. The largest absolute Gasteiger partial charge is 0.480 e. The van der Waals surface area contributed by atoms with E-state index in [9.17, 15) is 9.59 Å². The monoisotopic (exact) mass is 287 g/mol. The summed E-state index contributed by atoms with van der Waals surface area (Å²) in [6.07, 6.45) is 1.75. The Kier molecular flexibility index (Phi) is 4.07. The lowest BCUT2D eigenvalue weighted by Gasteiger charge is -2.20. The minimum Gasteiger partial charge on any atom is -0.480 e. The van der Waals surface area contributed by atoms with Gasteiger partial charge in [-0.2, -0.15) is 5.10 Å². The summed E-state index contributed by atoms with van der Waals surface area (Å²) in [7, 11) is 1.46. The number of carboxylic acids is 1. The van der Waals surface area contributed by atoms with Crippen LogP contribution in [0.25, 0.3) is 5.69 Å². The van der Waals surface area contributed by atoms with Crippen LogP contribution in [0.1, 0.15) is 23.0 Å². The molecule has 1 N–H and O–H groups in total. The molecule has 0 saturated carbocycles. The van der Waals surface area contributed by atoms with Crippen molar-refractivity contribution in [2.24, 2.45) is 0 Å². The summed E-state index contributed by atoms with van der Waals surface area (Å²) in [6.45, 7) is 3.24. The molecule has 0 radical (unpaired) electrons. The molecule has 110 valence electrons. The van der Waals surface area contributed by atoms with E-state index in [1.807, 2.05) is 30.3 Å². The summed E-state index contributed by atoms with van der Waals surface area (Å²) in [6, 6.07) is 8.51. The molecule has 0 aliphatic heterocycles. The number of carboxylic acid groups (broad SMARTS) is 1. The molecule has 0 aliphatic carbocycles. The van der Waals surface area contributed by atoms with Crippen LogP contribution < -0.4 is 0 Å². The molecule has 2 rings (SSSR count). The third kappa shape index (κ3) is 2.94. The molecule has 0 spiro atoms. The zero-order chi connectivity index (χ0) is 15.6. The molecule has 0 saturated heterocycles. The van der Waals surface area contributed by atoms with Crippen LogP contribution in [0.15, 0.2) is 36.5 Å². The second-order valence-electron chi connectivity index (χ2n) is 4.87. The van der Waals surface area contributed by atoms with E-state index in [4.69, 9.17) is 5.11 Å². The Morgan fingerprint density at radius 1 is 1.29 bits per heavy atom. The number of para-hydroxylation sites is 1. The quantitative estimate of drug-likeness (QED) is 0.929. The van der Waals surface area contributed by atoms with Gasteiger partial charge in [-0.1, -0.05) is 18.2 Å². The van der Waals surface area contributed by atoms with Crippen LogP contribution in [-0.4, -0.2) is 44.8 Å². The Hall–Kier alpha value is -2.63. The Bertz CT molecular complexity index is 664. The van der Waals surface area contributed by atoms with Gasteiger partial charge in [0.15, 0.2) is 5.69 Å². The first-order chi connectivity index (χ1) is 9.91. The fourth-order valence-electron chi connectivity index (χ4n) is 1.89. The van der Waals surface area contributed by atoms with Crippen molar-refractivity contribution < 1.29 is 14.7 Å². The summed E-state index contributed by atoms with van der Waals surface area (Å²) in [5, 5.41) is 13.3. The van der Waals surface area contributed by atoms with Crippen molar-refractivity contribution in [3.63, 3.8) is 0 Å². The first-order valence-corrected chi connectivity index (χ1v) is 6.53. The molecule has 1 aromatic carbocycles. The van der Waals surface area contributed by atoms with Crippen LogP contribution in [0.2, 0.25) is 0 Å². The van der Waals surface area contributed by atoms with Gasteiger partial charge in [-0.05, 0) is 26.0 Å². The molecule has 2 aromatic rings. The van der Waals surface area contributed by atoms with Gasteiger partial charge in [-0.25, -0.2) is 9.48 Å². The van der Waals surface area contributed by atoms with Crippen molar-refractivity contribution in [2.75, 3.05) is 7.05 Å². The van der Waals surface area contributed by atoms with Gasteiger partial charge in [0.1, 0.15) is 6.04 Å². The molecule has 1 amide bonds. The molecule has 6 nitrogen and oxygen atoms in total. The molecular formula is C15H17N3O3. The number of likely N-dealkylation sites (N-methyl/N-ethyl adjacent to an activating group) is 1. The van der Waals surface area contributed by atoms with Gasteiger partial charge in [-0.15, -0.1) is 0 Å². The zero-order valence-electron chi connectivity index (χ0n) is 12.1. The first-order valence-electron chi connectivity index (χ1n) is 6.53. The fourth-order valence-corrected chi connectivity index (χ4v) is 1.89. The number of hydrogen-bond donors (Lipinski definition) is 1. The summed E-state index contributed by atoms with van der Waals surface area (Å²) in [5.74, 6) is -1.46. The summed E-state index contributed by atoms with van der Waals surface area (Å²) >= 11 is 0. The third-order valence-corrected chi connectivity index (χ3v) is 3.38. The second kappa shape index (κ2) is 5.78. The van der Waals surface area contributed by atoms with E-state index in [0.29, 0.717) is 5.56 Å². The smallest absolute Gasteiger partial charge is 0.326 e. The van der Waals surface area contributed by atoms with E-state index in [0.717, 1.165) is 5.69 Å². The van der Waals surface area contributed by atoms with Crippen LogP contribution in [0.4, 0.5) is 0 Å². The summed E-state index contributed by atoms with van der Waals surface area (Å²) in [4.78, 5) is 24.5. The lowest BCUT2D eigenvalue weighted by atomic mass is 10.2. The van der Waals surface area contributed by atoms with E-state index in [1.165, 1.54) is 18.9 Å². The van der Waals surface area contributed by atoms with Gasteiger partial charge < -0.3 is 10.0 Å². The molecule has 1 aromatic heterocycles. The maximum Gasteiger partial charge on any atom is 0.326 e. The highest BCUT2D eigenvalue weighted by molar-refractivity contribution is 5.95. The van der Waals surface area contributed by atoms with Gasteiger partial charge in [0.05, 0.1) is 5.69 Å². The molecule has 1 atom stereocenters. The molecule has 6 heteroatoms. The van der Waals surface area contributed by atoms with Gasteiger partial charge in [0, 0.05) is 18.8 Å². The zero-order valence-corrected chi connectivity index (χ0v) is 12.1. The average molecular weight is 287 g/mol. The highest BCUT2D eigenvalue weighted by atomic mass is 16.4. The lowest BCUT2D eigenvalue weighted by molar-refractivity contribution is -0.141. The topological polar surface area (TPSA) is 75.4 Å². The van der Waals surface area contributed by atoms with E-state index < -0.39 is 17.9 Å². The van der Waals surface area contributed by atoms with Crippen molar-refractivity contribution in [1.82, 2.24) is 14.7 Å². The number of carbonyl (C=O) groups is 2. The maximum absolute atomic E-state index is 12.3.